The standard InChI is InChI=1S/C20H24O7S/c1-4-24-17-12-8-9-13-18(17)26-20(16-10-6-5-7-11-16)19(14-25-15(2)21)27-28(3,22)23/h5-13,19-20H,4,14H2,1-3H3/t19-,20+/m1/s1. The first kappa shape index (κ1) is 21.7. The van der Waals surface area contributed by atoms with Crippen LogP contribution in [0, 0.1) is 0 Å². The van der Waals surface area contributed by atoms with Gasteiger partial charge in [-0.25, -0.2) is 0 Å². The van der Waals surface area contributed by atoms with E-state index in [-0.39, 0.29) is 6.61 Å². The summed E-state index contributed by atoms with van der Waals surface area (Å²) in [4.78, 5) is 11.3. The highest BCUT2D eigenvalue weighted by atomic mass is 32.2. The minimum absolute atomic E-state index is 0.293. The van der Waals surface area contributed by atoms with Crippen molar-refractivity contribution < 1.29 is 31.6 Å². The SMILES string of the molecule is CCOc1ccccc1O[C@@H](c1ccccc1)[C@@H](COC(C)=O)OS(C)(=O)=O. The second-order valence-electron chi connectivity index (χ2n) is 5.97. The van der Waals surface area contributed by atoms with Crippen LogP contribution in [-0.2, 0) is 23.8 Å². The maximum atomic E-state index is 11.8. The predicted molar refractivity (Wildman–Crippen MR) is 104 cm³/mol. The summed E-state index contributed by atoms with van der Waals surface area (Å²) >= 11 is 0. The van der Waals surface area contributed by atoms with Crippen molar-refractivity contribution in [3.8, 4) is 11.5 Å². The molecule has 0 amide bonds. The van der Waals surface area contributed by atoms with E-state index in [9.17, 15) is 13.2 Å². The average molecular weight is 408 g/mol. The molecule has 0 aliphatic rings. The quantitative estimate of drug-likeness (QED) is 0.441. The maximum absolute atomic E-state index is 11.8. The molecule has 0 N–H and O–H groups in total. The van der Waals surface area contributed by atoms with E-state index in [1.807, 2.05) is 13.0 Å². The molecule has 2 aromatic carbocycles. The highest BCUT2D eigenvalue weighted by Crippen LogP contribution is 2.33. The molecule has 2 atom stereocenters. The molecule has 0 radical (unpaired) electrons. The molecule has 0 aromatic heterocycles. The maximum Gasteiger partial charge on any atom is 0.302 e. The van der Waals surface area contributed by atoms with Gasteiger partial charge in [-0.1, -0.05) is 42.5 Å². The lowest BCUT2D eigenvalue weighted by Gasteiger charge is -2.27. The summed E-state index contributed by atoms with van der Waals surface area (Å²) in [6.45, 7) is 3.23. The van der Waals surface area contributed by atoms with Gasteiger partial charge >= 0.3 is 5.97 Å². The van der Waals surface area contributed by atoms with Gasteiger partial charge < -0.3 is 14.2 Å². The smallest absolute Gasteiger partial charge is 0.302 e. The molecule has 2 rings (SSSR count). The van der Waals surface area contributed by atoms with Crippen molar-refractivity contribution in [1.29, 1.82) is 0 Å². The summed E-state index contributed by atoms with van der Waals surface area (Å²) < 4.78 is 45.5. The molecule has 7 nitrogen and oxygen atoms in total. The fourth-order valence-corrected chi connectivity index (χ4v) is 3.16. The summed E-state index contributed by atoms with van der Waals surface area (Å²) in [5.41, 5.74) is 0.662. The van der Waals surface area contributed by atoms with E-state index < -0.39 is 28.3 Å². The van der Waals surface area contributed by atoms with E-state index in [0.717, 1.165) is 6.26 Å². The van der Waals surface area contributed by atoms with Gasteiger partial charge in [-0.05, 0) is 24.6 Å². The van der Waals surface area contributed by atoms with Gasteiger partial charge in [-0.2, -0.15) is 8.42 Å². The van der Waals surface area contributed by atoms with Gasteiger partial charge in [-0.15, -0.1) is 0 Å². The van der Waals surface area contributed by atoms with E-state index in [1.165, 1.54) is 6.92 Å². The molecule has 0 saturated heterocycles. The van der Waals surface area contributed by atoms with Crippen LogP contribution in [0.3, 0.4) is 0 Å². The van der Waals surface area contributed by atoms with Crippen LogP contribution in [-0.4, -0.2) is 40.0 Å². The Labute approximate surface area is 165 Å². The first-order chi connectivity index (χ1) is 13.3. The Bertz CT molecular complexity index is 865. The minimum atomic E-state index is -3.84. The van der Waals surface area contributed by atoms with Gasteiger partial charge in [0.1, 0.15) is 6.61 Å². The Balaban J connectivity index is 2.43. The molecular formula is C20H24O7S. The number of hydrogen-bond donors (Lipinski definition) is 0. The predicted octanol–water partition coefficient (Wildman–Crippen LogP) is 3.11. The van der Waals surface area contributed by atoms with Crippen molar-refractivity contribution >= 4 is 16.1 Å². The first-order valence-corrected chi connectivity index (χ1v) is 10.6. The number of esters is 1. The molecule has 28 heavy (non-hydrogen) atoms. The van der Waals surface area contributed by atoms with E-state index >= 15 is 0 Å². The zero-order chi connectivity index (χ0) is 20.6. The summed E-state index contributed by atoms with van der Waals surface area (Å²) in [7, 11) is -3.84. The third-order valence-electron chi connectivity index (χ3n) is 3.62. The zero-order valence-corrected chi connectivity index (χ0v) is 16.8. The van der Waals surface area contributed by atoms with Gasteiger partial charge in [0.25, 0.3) is 10.1 Å². The second-order valence-corrected chi connectivity index (χ2v) is 7.57. The number of hydrogen-bond acceptors (Lipinski definition) is 7. The third kappa shape index (κ3) is 6.86. The van der Waals surface area contributed by atoms with Gasteiger partial charge in [0.05, 0.1) is 12.9 Å². The number of carbonyl (C=O) groups excluding carboxylic acids is 1. The van der Waals surface area contributed by atoms with Crippen LogP contribution in [0.5, 0.6) is 11.5 Å². The molecule has 0 aliphatic carbocycles. The number of rotatable bonds is 10. The first-order valence-electron chi connectivity index (χ1n) is 8.75. The van der Waals surface area contributed by atoms with Crippen LogP contribution >= 0.6 is 0 Å². The molecule has 2 aromatic rings. The number of benzene rings is 2. The molecule has 0 fully saturated rings. The van der Waals surface area contributed by atoms with Crippen molar-refractivity contribution in [3.05, 3.63) is 60.2 Å². The lowest BCUT2D eigenvalue weighted by atomic mass is 10.0. The summed E-state index contributed by atoms with van der Waals surface area (Å²) in [6.07, 6.45) is -1.02. The van der Waals surface area contributed by atoms with Gasteiger partial charge in [0, 0.05) is 6.92 Å². The van der Waals surface area contributed by atoms with Crippen LogP contribution in [0.4, 0.5) is 0 Å². The van der Waals surface area contributed by atoms with Crippen LogP contribution < -0.4 is 9.47 Å². The number of ether oxygens (including phenoxy) is 3. The number of para-hydroxylation sites is 2. The van der Waals surface area contributed by atoms with Gasteiger partial charge in [0.2, 0.25) is 0 Å². The van der Waals surface area contributed by atoms with Crippen LogP contribution in [0.25, 0.3) is 0 Å². The Kier molecular flexibility index (Phi) is 7.83. The highest BCUT2D eigenvalue weighted by molar-refractivity contribution is 7.86. The molecule has 152 valence electrons. The van der Waals surface area contributed by atoms with Crippen LogP contribution in [0.1, 0.15) is 25.5 Å². The molecule has 0 bridgehead atoms. The van der Waals surface area contributed by atoms with Crippen LogP contribution in [0.15, 0.2) is 54.6 Å². The molecule has 8 heteroatoms. The molecule has 0 saturated carbocycles. The molecule has 0 aliphatic heterocycles. The summed E-state index contributed by atoms with van der Waals surface area (Å²) in [6, 6.07) is 16.0. The van der Waals surface area contributed by atoms with Crippen molar-refractivity contribution in [2.24, 2.45) is 0 Å². The fraction of sp³-hybridized carbons (Fsp3) is 0.350. The molecular weight excluding hydrogens is 384 g/mol. The molecule has 0 spiro atoms. The van der Waals surface area contributed by atoms with E-state index in [0.29, 0.717) is 23.7 Å². The monoisotopic (exact) mass is 408 g/mol. The Morgan fingerprint density at radius 3 is 2.18 bits per heavy atom. The van der Waals surface area contributed by atoms with E-state index in [2.05, 4.69) is 0 Å². The highest BCUT2D eigenvalue weighted by Gasteiger charge is 2.31. The summed E-state index contributed by atoms with van der Waals surface area (Å²) in [5.74, 6) is 0.378. The van der Waals surface area contributed by atoms with Crippen molar-refractivity contribution in [1.82, 2.24) is 0 Å². The van der Waals surface area contributed by atoms with Gasteiger partial charge in [0.15, 0.2) is 23.7 Å². The molecule has 0 unspecified atom stereocenters. The van der Waals surface area contributed by atoms with E-state index in [1.54, 1.807) is 48.5 Å². The number of carbonyl (C=O) groups is 1. The fourth-order valence-electron chi connectivity index (χ4n) is 2.55. The largest absolute Gasteiger partial charge is 0.490 e. The lowest BCUT2D eigenvalue weighted by Crippen LogP contribution is -2.34. The third-order valence-corrected chi connectivity index (χ3v) is 4.21. The Morgan fingerprint density at radius 2 is 1.61 bits per heavy atom. The van der Waals surface area contributed by atoms with Crippen LogP contribution in [0.2, 0.25) is 0 Å². The lowest BCUT2D eigenvalue weighted by molar-refractivity contribution is -0.145. The minimum Gasteiger partial charge on any atom is -0.490 e. The van der Waals surface area contributed by atoms with Crippen molar-refractivity contribution in [2.75, 3.05) is 19.5 Å². The normalized spacial score (nSPS) is 13.4. The topological polar surface area (TPSA) is 88.1 Å². The summed E-state index contributed by atoms with van der Waals surface area (Å²) in [5, 5.41) is 0. The average Bonchev–Trinajstić information content (AvgIpc) is 2.64. The van der Waals surface area contributed by atoms with Crippen molar-refractivity contribution in [3.63, 3.8) is 0 Å². The van der Waals surface area contributed by atoms with Crippen molar-refractivity contribution in [2.45, 2.75) is 26.1 Å². The molecule has 0 heterocycles. The second kappa shape index (κ2) is 10.1. The Morgan fingerprint density at radius 1 is 1.00 bits per heavy atom. The van der Waals surface area contributed by atoms with E-state index in [4.69, 9.17) is 18.4 Å². The zero-order valence-electron chi connectivity index (χ0n) is 16.0. The van der Waals surface area contributed by atoms with Gasteiger partial charge in [-0.3, -0.25) is 8.98 Å². The Hall–Kier alpha value is -2.58.